The minimum Gasteiger partial charge on any atom is -0.507 e. The van der Waals surface area contributed by atoms with Gasteiger partial charge in [-0.15, -0.1) is 11.6 Å². The number of aromatic hydroxyl groups is 1. The molecule has 14 nitrogen and oxygen atoms in total. The fourth-order valence-electron chi connectivity index (χ4n) is 6.23. The van der Waals surface area contributed by atoms with E-state index in [4.69, 9.17) is 11.6 Å². The molecule has 4 heterocycles. The molecule has 0 aliphatic carbocycles. The molecule has 0 radical (unpaired) electrons. The van der Waals surface area contributed by atoms with Gasteiger partial charge in [0.2, 0.25) is 17.6 Å². The van der Waals surface area contributed by atoms with Crippen molar-refractivity contribution in [3.8, 4) is 5.75 Å². The first-order chi connectivity index (χ1) is 23.5. The monoisotopic (exact) mass is 679 g/mol. The number of imidazole rings is 2. The van der Waals surface area contributed by atoms with E-state index in [-0.39, 0.29) is 46.8 Å². The number of aromatic nitrogens is 5. The summed E-state index contributed by atoms with van der Waals surface area (Å²) in [5.41, 5.74) is 3.05. The van der Waals surface area contributed by atoms with Crippen LogP contribution in [0.1, 0.15) is 50.1 Å². The van der Waals surface area contributed by atoms with E-state index in [0.717, 1.165) is 10.9 Å². The van der Waals surface area contributed by atoms with Gasteiger partial charge in [-0.3, -0.25) is 19.2 Å². The Hall–Kier alpha value is -6.15. The molecule has 49 heavy (non-hydrogen) atoms. The molecule has 0 bridgehead atoms. The second kappa shape index (κ2) is 12.1. The molecule has 4 amide bonds. The number of carbonyl (C=O) groups excluding carboxylic acids is 4. The van der Waals surface area contributed by atoms with Crippen molar-refractivity contribution in [1.82, 2.24) is 24.1 Å². The van der Waals surface area contributed by atoms with Crippen molar-refractivity contribution in [3.05, 3.63) is 89.9 Å². The van der Waals surface area contributed by atoms with E-state index in [9.17, 15) is 24.3 Å². The number of aromatic amines is 1. The number of phenols is 1. The first kappa shape index (κ1) is 31.4. The Labute approximate surface area is 283 Å². The van der Waals surface area contributed by atoms with Crippen LogP contribution >= 0.6 is 11.6 Å². The summed E-state index contributed by atoms with van der Waals surface area (Å²) < 4.78 is 2.93. The van der Waals surface area contributed by atoms with Crippen LogP contribution in [0, 0.1) is 0 Å². The highest BCUT2D eigenvalue weighted by Crippen LogP contribution is 2.45. The average Bonchev–Trinajstić information content (AvgIpc) is 3.84. The maximum atomic E-state index is 13.8. The number of anilines is 4. The lowest BCUT2D eigenvalue weighted by molar-refractivity contribution is -0.114. The van der Waals surface area contributed by atoms with Gasteiger partial charge in [-0.2, -0.15) is 0 Å². The van der Waals surface area contributed by atoms with Gasteiger partial charge in [-0.25, -0.2) is 9.97 Å². The molecule has 3 aromatic heterocycles. The van der Waals surface area contributed by atoms with Gasteiger partial charge in [0, 0.05) is 79.8 Å². The number of carbonyl (C=O) groups is 4. The molecule has 248 valence electrons. The van der Waals surface area contributed by atoms with Crippen LogP contribution in [0.3, 0.4) is 0 Å². The summed E-state index contributed by atoms with van der Waals surface area (Å²) in [6, 6.07) is 16.0. The van der Waals surface area contributed by atoms with Crippen LogP contribution in [0.15, 0.2) is 67.0 Å². The molecule has 0 saturated heterocycles. The van der Waals surface area contributed by atoms with Gasteiger partial charge in [0.15, 0.2) is 11.6 Å². The van der Waals surface area contributed by atoms with Gasteiger partial charge in [0.1, 0.15) is 11.4 Å². The summed E-state index contributed by atoms with van der Waals surface area (Å²) in [5, 5.41) is 21.0. The van der Waals surface area contributed by atoms with Crippen molar-refractivity contribution in [2.24, 2.45) is 14.1 Å². The minimum absolute atomic E-state index is 0.0384. The number of benzene rings is 3. The number of rotatable bonds is 7. The lowest BCUT2D eigenvalue weighted by atomic mass is 9.95. The Morgan fingerprint density at radius 3 is 2.22 bits per heavy atom. The highest BCUT2D eigenvalue weighted by molar-refractivity contribution is 6.19. The quantitative estimate of drug-likeness (QED) is 0.148. The van der Waals surface area contributed by atoms with Crippen molar-refractivity contribution in [1.29, 1.82) is 0 Å². The van der Waals surface area contributed by atoms with Crippen LogP contribution in [-0.2, 0) is 18.9 Å². The fraction of sp³-hybridized carbons (Fsp3) is 0.176. The first-order valence-corrected chi connectivity index (χ1v) is 15.8. The zero-order valence-electron chi connectivity index (χ0n) is 26.5. The third-order valence-electron chi connectivity index (χ3n) is 8.39. The van der Waals surface area contributed by atoms with Crippen LogP contribution in [0.4, 0.5) is 23.0 Å². The molecule has 7 rings (SSSR count). The van der Waals surface area contributed by atoms with E-state index < -0.39 is 11.8 Å². The van der Waals surface area contributed by atoms with Crippen LogP contribution in [0.5, 0.6) is 5.75 Å². The molecule has 15 heteroatoms. The second-order valence-corrected chi connectivity index (χ2v) is 12.1. The summed E-state index contributed by atoms with van der Waals surface area (Å²) in [4.78, 5) is 64.4. The summed E-state index contributed by atoms with van der Waals surface area (Å²) in [5.74, 6) is -0.948. The van der Waals surface area contributed by atoms with Crippen LogP contribution in [-0.4, -0.2) is 65.2 Å². The van der Waals surface area contributed by atoms with Crippen LogP contribution in [0.2, 0.25) is 0 Å². The number of nitrogens with one attached hydrogen (secondary N) is 4. The molecule has 1 aliphatic rings. The number of fused-ring (bicyclic) bond motifs is 4. The van der Waals surface area contributed by atoms with E-state index in [1.807, 2.05) is 24.3 Å². The molecular formula is C34H30ClN9O5. The normalized spacial score (nSPS) is 13.9. The van der Waals surface area contributed by atoms with Crippen molar-refractivity contribution < 1.29 is 24.3 Å². The van der Waals surface area contributed by atoms with Gasteiger partial charge >= 0.3 is 0 Å². The summed E-state index contributed by atoms with van der Waals surface area (Å²) >= 11 is 6.36. The molecular weight excluding hydrogens is 650 g/mol. The lowest BCUT2D eigenvalue weighted by Gasteiger charge is -2.17. The third-order valence-corrected chi connectivity index (χ3v) is 8.76. The molecule has 0 saturated carbocycles. The molecule has 0 spiro atoms. The number of amides is 4. The molecule has 0 unspecified atom stereocenters. The van der Waals surface area contributed by atoms with E-state index in [1.54, 1.807) is 49.3 Å². The molecule has 0 fully saturated rings. The smallest absolute Gasteiger partial charge is 0.292 e. The molecule has 1 atom stereocenters. The average molecular weight is 680 g/mol. The zero-order chi connectivity index (χ0) is 34.6. The summed E-state index contributed by atoms with van der Waals surface area (Å²) in [7, 11) is 3.23. The number of aryl methyl sites for hydroxylation is 2. The van der Waals surface area contributed by atoms with Gasteiger partial charge < -0.3 is 40.1 Å². The van der Waals surface area contributed by atoms with Crippen LogP contribution in [0.25, 0.3) is 21.7 Å². The Bertz CT molecular complexity index is 2340. The number of hydrogen-bond acceptors (Lipinski definition) is 7. The maximum Gasteiger partial charge on any atom is 0.292 e. The van der Waals surface area contributed by atoms with E-state index in [0.29, 0.717) is 45.8 Å². The highest BCUT2D eigenvalue weighted by Gasteiger charge is 2.35. The number of nitrogens with zero attached hydrogens (tertiary/aromatic N) is 5. The van der Waals surface area contributed by atoms with Gasteiger partial charge in [0.25, 0.3) is 17.7 Å². The van der Waals surface area contributed by atoms with Gasteiger partial charge in [0.05, 0.1) is 5.69 Å². The predicted molar refractivity (Wildman–Crippen MR) is 186 cm³/mol. The Kier molecular flexibility index (Phi) is 7.79. The topological polar surface area (TPSA) is 179 Å². The van der Waals surface area contributed by atoms with Crippen LogP contribution < -0.4 is 20.9 Å². The van der Waals surface area contributed by atoms with E-state index >= 15 is 0 Å². The zero-order valence-corrected chi connectivity index (χ0v) is 27.3. The highest BCUT2D eigenvalue weighted by atomic mass is 35.5. The van der Waals surface area contributed by atoms with E-state index in [2.05, 4.69) is 30.9 Å². The Morgan fingerprint density at radius 2 is 1.55 bits per heavy atom. The van der Waals surface area contributed by atoms with Gasteiger partial charge in [-0.1, -0.05) is 24.3 Å². The van der Waals surface area contributed by atoms with Gasteiger partial charge in [-0.05, 0) is 35.2 Å². The first-order valence-electron chi connectivity index (χ1n) is 15.2. The van der Waals surface area contributed by atoms with Crippen molar-refractivity contribution in [3.63, 3.8) is 0 Å². The van der Waals surface area contributed by atoms with Crippen molar-refractivity contribution in [2.45, 2.75) is 12.8 Å². The lowest BCUT2D eigenvalue weighted by Crippen LogP contribution is -2.30. The predicted octanol–water partition coefficient (Wildman–Crippen LogP) is 4.94. The Balaban J connectivity index is 1.08. The summed E-state index contributed by atoms with van der Waals surface area (Å²) in [6.07, 6.45) is 3.00. The second-order valence-electron chi connectivity index (χ2n) is 11.8. The summed E-state index contributed by atoms with van der Waals surface area (Å²) in [6.45, 7) is 1.71. The minimum atomic E-state index is -0.576. The molecule has 6 aromatic rings. The Morgan fingerprint density at radius 1 is 0.898 bits per heavy atom. The number of phenolic OH excluding ortho intramolecular Hbond substituents is 1. The standard InChI is InChI=1S/C34H30ClN9O5/c1-17(45)36-27-15-42(2)31(39-27)33(48)41-28-16-43(3)30(40-28)32(47)37-20-8-9-23-18(10-20)11-24(38-23)34(49)44-14-19(13-35)29-22-7-5-4-6-21(22)26(46)12-25(29)44/h4-12,15-16,19,38,46H,13-14H2,1-3H3,(H,36,45)(H,37,47)(H,41,48)/t19-/m1/s1. The number of hydrogen-bond donors (Lipinski definition) is 5. The molecule has 3 aromatic carbocycles. The maximum absolute atomic E-state index is 13.8. The molecule has 5 N–H and O–H groups in total. The van der Waals surface area contributed by atoms with Crippen molar-refractivity contribution in [2.75, 3.05) is 33.3 Å². The largest absolute Gasteiger partial charge is 0.507 e. The van der Waals surface area contributed by atoms with E-state index in [1.165, 1.54) is 28.5 Å². The molecule has 1 aliphatic heterocycles. The van der Waals surface area contributed by atoms with Crippen molar-refractivity contribution >= 4 is 79.9 Å². The number of halogens is 1. The fourth-order valence-corrected chi connectivity index (χ4v) is 6.48. The third kappa shape index (κ3) is 5.71. The number of H-pyrrole nitrogens is 1. The SMILES string of the molecule is CC(=O)Nc1cn(C)c(C(=O)Nc2cn(C)c(C(=O)Nc3ccc4[nH]c(C(=O)N5C[C@@H](CCl)c6c5cc(O)c5ccccc65)cc4c3)n2)n1. The number of alkyl halides is 1.